The fourth-order valence-corrected chi connectivity index (χ4v) is 1.76. The van der Waals surface area contributed by atoms with Crippen LogP contribution in [0.1, 0.15) is 24.0 Å². The SMILES string of the molecule is COC(=O)CCC(NC(=O)Cc1ccc(C)cc1)C(=O)O. The van der Waals surface area contributed by atoms with E-state index in [1.807, 2.05) is 31.2 Å². The second-order valence-corrected chi connectivity index (χ2v) is 4.74. The Bertz CT molecular complexity index is 509. The standard InChI is InChI=1S/C15H19NO5/c1-10-3-5-11(6-4-10)9-13(17)16-12(15(19)20)7-8-14(18)21-2/h3-6,12H,7-9H2,1-2H3,(H,16,17)(H,19,20). The Morgan fingerprint density at radius 1 is 1.24 bits per heavy atom. The van der Waals surface area contributed by atoms with E-state index in [-0.39, 0.29) is 19.3 Å². The zero-order valence-corrected chi connectivity index (χ0v) is 12.1. The number of amides is 1. The van der Waals surface area contributed by atoms with E-state index in [1.165, 1.54) is 7.11 Å². The van der Waals surface area contributed by atoms with Crippen molar-refractivity contribution in [2.75, 3.05) is 7.11 Å². The number of hydrogen-bond acceptors (Lipinski definition) is 4. The summed E-state index contributed by atoms with van der Waals surface area (Å²) in [5.41, 5.74) is 1.89. The Morgan fingerprint density at radius 3 is 2.38 bits per heavy atom. The zero-order chi connectivity index (χ0) is 15.8. The van der Waals surface area contributed by atoms with Crippen molar-refractivity contribution >= 4 is 17.8 Å². The number of rotatable bonds is 7. The number of methoxy groups -OCH3 is 1. The molecule has 1 amide bonds. The molecule has 1 aromatic carbocycles. The van der Waals surface area contributed by atoms with Crippen molar-refractivity contribution in [3.8, 4) is 0 Å². The second-order valence-electron chi connectivity index (χ2n) is 4.74. The summed E-state index contributed by atoms with van der Waals surface area (Å²) in [4.78, 5) is 33.9. The molecule has 0 fully saturated rings. The van der Waals surface area contributed by atoms with Gasteiger partial charge in [0.25, 0.3) is 0 Å². The molecule has 6 heteroatoms. The molecule has 6 nitrogen and oxygen atoms in total. The van der Waals surface area contributed by atoms with Crippen molar-refractivity contribution in [3.63, 3.8) is 0 Å². The number of esters is 1. The van der Waals surface area contributed by atoms with Gasteiger partial charge in [-0.25, -0.2) is 4.79 Å². The van der Waals surface area contributed by atoms with Crippen molar-refractivity contribution in [1.29, 1.82) is 0 Å². The molecule has 0 radical (unpaired) electrons. The van der Waals surface area contributed by atoms with Crippen molar-refractivity contribution < 1.29 is 24.2 Å². The summed E-state index contributed by atoms with van der Waals surface area (Å²) in [5.74, 6) is -2.07. The molecule has 2 N–H and O–H groups in total. The average Bonchev–Trinajstić information content (AvgIpc) is 2.45. The van der Waals surface area contributed by atoms with Gasteiger partial charge in [-0.2, -0.15) is 0 Å². The largest absolute Gasteiger partial charge is 0.480 e. The van der Waals surface area contributed by atoms with E-state index in [4.69, 9.17) is 5.11 Å². The molecule has 0 aliphatic heterocycles. The van der Waals surface area contributed by atoms with Gasteiger partial charge in [0.15, 0.2) is 0 Å². The Hall–Kier alpha value is -2.37. The van der Waals surface area contributed by atoms with Crippen molar-refractivity contribution in [2.24, 2.45) is 0 Å². The quantitative estimate of drug-likeness (QED) is 0.733. The highest BCUT2D eigenvalue weighted by molar-refractivity contribution is 5.85. The Morgan fingerprint density at radius 2 is 1.86 bits per heavy atom. The first-order valence-electron chi connectivity index (χ1n) is 6.57. The average molecular weight is 293 g/mol. The third-order valence-electron chi connectivity index (χ3n) is 2.98. The van der Waals surface area contributed by atoms with E-state index in [0.29, 0.717) is 0 Å². The molecule has 1 rings (SSSR count). The van der Waals surface area contributed by atoms with Crippen molar-refractivity contribution in [2.45, 2.75) is 32.2 Å². The van der Waals surface area contributed by atoms with Gasteiger partial charge in [0.2, 0.25) is 5.91 Å². The van der Waals surface area contributed by atoms with Gasteiger partial charge >= 0.3 is 11.9 Å². The summed E-state index contributed by atoms with van der Waals surface area (Å²) in [6.45, 7) is 1.94. The fraction of sp³-hybridized carbons (Fsp3) is 0.400. The molecule has 1 atom stereocenters. The number of nitrogens with one attached hydrogen (secondary N) is 1. The minimum absolute atomic E-state index is 0.00163. The maximum absolute atomic E-state index is 11.8. The fourth-order valence-electron chi connectivity index (χ4n) is 1.76. The molecular formula is C15H19NO5. The number of ether oxygens (including phenoxy) is 1. The van der Waals surface area contributed by atoms with Crippen molar-refractivity contribution in [1.82, 2.24) is 5.32 Å². The monoisotopic (exact) mass is 293 g/mol. The molecular weight excluding hydrogens is 274 g/mol. The molecule has 0 aliphatic carbocycles. The maximum Gasteiger partial charge on any atom is 0.326 e. The summed E-state index contributed by atoms with van der Waals surface area (Å²) in [5, 5.41) is 11.5. The number of hydrogen-bond donors (Lipinski definition) is 2. The summed E-state index contributed by atoms with van der Waals surface area (Å²) in [6, 6.07) is 6.31. The number of carboxylic acids is 1. The van der Waals surface area contributed by atoms with Gasteiger partial charge in [-0.3, -0.25) is 9.59 Å². The molecule has 1 aromatic rings. The first-order valence-corrected chi connectivity index (χ1v) is 6.57. The van der Waals surface area contributed by atoms with E-state index in [2.05, 4.69) is 10.1 Å². The number of carboxylic acid groups (broad SMARTS) is 1. The van der Waals surface area contributed by atoms with Crippen LogP contribution in [-0.4, -0.2) is 36.1 Å². The van der Waals surface area contributed by atoms with Gasteiger partial charge in [-0.1, -0.05) is 29.8 Å². The summed E-state index contributed by atoms with van der Waals surface area (Å²) < 4.78 is 4.45. The van der Waals surface area contributed by atoms with Crippen LogP contribution in [-0.2, 0) is 25.5 Å². The number of aliphatic carboxylic acids is 1. The van der Waals surface area contributed by atoms with Crippen LogP contribution < -0.4 is 5.32 Å². The second kappa shape index (κ2) is 8.04. The molecule has 0 heterocycles. The van der Waals surface area contributed by atoms with Crippen LogP contribution in [0.2, 0.25) is 0 Å². The highest BCUT2D eigenvalue weighted by Crippen LogP contribution is 2.05. The number of carbonyl (C=O) groups excluding carboxylic acids is 2. The third-order valence-corrected chi connectivity index (χ3v) is 2.98. The highest BCUT2D eigenvalue weighted by Gasteiger charge is 2.21. The highest BCUT2D eigenvalue weighted by atomic mass is 16.5. The topological polar surface area (TPSA) is 92.7 Å². The lowest BCUT2D eigenvalue weighted by molar-refractivity contribution is -0.144. The van der Waals surface area contributed by atoms with Crippen LogP contribution in [0.5, 0.6) is 0 Å². The Kier molecular flexibility index (Phi) is 6.39. The van der Waals surface area contributed by atoms with Gasteiger partial charge in [-0.05, 0) is 18.9 Å². The normalized spacial score (nSPS) is 11.5. The first kappa shape index (κ1) is 16.7. The Labute approximate surface area is 123 Å². The summed E-state index contributed by atoms with van der Waals surface area (Å²) in [6.07, 6.45) is 0.0439. The first-order chi connectivity index (χ1) is 9.92. The van der Waals surface area contributed by atoms with E-state index in [1.54, 1.807) is 0 Å². The van der Waals surface area contributed by atoms with Gasteiger partial charge in [0.1, 0.15) is 6.04 Å². The molecule has 0 spiro atoms. The van der Waals surface area contributed by atoms with E-state index < -0.39 is 23.9 Å². The predicted octanol–water partition coefficient (Wildman–Crippen LogP) is 1.06. The van der Waals surface area contributed by atoms with Crippen LogP contribution in [0, 0.1) is 6.92 Å². The van der Waals surface area contributed by atoms with Crippen LogP contribution in [0.3, 0.4) is 0 Å². The van der Waals surface area contributed by atoms with Gasteiger partial charge in [0, 0.05) is 6.42 Å². The molecule has 0 saturated carbocycles. The van der Waals surface area contributed by atoms with E-state index in [0.717, 1.165) is 11.1 Å². The minimum Gasteiger partial charge on any atom is -0.480 e. The Balaban J connectivity index is 2.54. The number of carbonyl (C=O) groups is 3. The smallest absolute Gasteiger partial charge is 0.326 e. The van der Waals surface area contributed by atoms with Gasteiger partial charge in [-0.15, -0.1) is 0 Å². The van der Waals surface area contributed by atoms with Crippen LogP contribution >= 0.6 is 0 Å². The van der Waals surface area contributed by atoms with Gasteiger partial charge in [0.05, 0.1) is 13.5 Å². The maximum atomic E-state index is 11.8. The van der Waals surface area contributed by atoms with E-state index in [9.17, 15) is 14.4 Å². The molecule has 21 heavy (non-hydrogen) atoms. The minimum atomic E-state index is -1.17. The molecule has 0 aliphatic rings. The predicted molar refractivity (Wildman–Crippen MR) is 75.7 cm³/mol. The molecule has 0 saturated heterocycles. The van der Waals surface area contributed by atoms with Crippen LogP contribution in [0.25, 0.3) is 0 Å². The zero-order valence-electron chi connectivity index (χ0n) is 12.1. The molecule has 114 valence electrons. The number of benzene rings is 1. The van der Waals surface area contributed by atoms with Gasteiger partial charge < -0.3 is 15.2 Å². The van der Waals surface area contributed by atoms with Crippen molar-refractivity contribution in [3.05, 3.63) is 35.4 Å². The van der Waals surface area contributed by atoms with E-state index >= 15 is 0 Å². The lowest BCUT2D eigenvalue weighted by Gasteiger charge is -2.14. The third kappa shape index (κ3) is 6.07. The molecule has 1 unspecified atom stereocenters. The number of aryl methyl sites for hydroxylation is 1. The lowest BCUT2D eigenvalue weighted by atomic mass is 10.1. The summed E-state index contributed by atoms with van der Waals surface area (Å²) in [7, 11) is 1.23. The molecule has 0 bridgehead atoms. The lowest BCUT2D eigenvalue weighted by Crippen LogP contribution is -2.41. The van der Waals surface area contributed by atoms with Crippen LogP contribution in [0.15, 0.2) is 24.3 Å². The molecule has 0 aromatic heterocycles. The summed E-state index contributed by atoms with van der Waals surface area (Å²) >= 11 is 0. The van der Waals surface area contributed by atoms with Crippen LogP contribution in [0.4, 0.5) is 0 Å².